The average molecular weight is 797 g/mol. The third-order valence-electron chi connectivity index (χ3n) is 11.2. The summed E-state index contributed by atoms with van der Waals surface area (Å²) in [5.41, 5.74) is 14.6. The second-order valence-corrected chi connectivity index (χ2v) is 16.0. The van der Waals surface area contributed by atoms with Crippen molar-refractivity contribution in [1.29, 1.82) is 0 Å². The third kappa shape index (κ3) is 7.07. The van der Waals surface area contributed by atoms with Gasteiger partial charge in [-0.25, -0.2) is 19.9 Å². The summed E-state index contributed by atoms with van der Waals surface area (Å²) in [5, 5.41) is 2.53. The molecule has 0 atom stereocenters. The Kier molecular flexibility index (Phi) is 9.34. The van der Waals surface area contributed by atoms with E-state index in [2.05, 4.69) is 146 Å². The molecule has 8 aromatic carbocycles. The number of hydrogen-bond acceptors (Lipinski definition) is 5. The molecule has 0 radical (unpaired) electrons. The Morgan fingerprint density at radius 1 is 0.246 bits per heavy atom. The van der Waals surface area contributed by atoms with Crippen LogP contribution in [0, 0.1) is 0 Å². The molecule has 5 heteroatoms. The van der Waals surface area contributed by atoms with Crippen LogP contribution in [-0.4, -0.2) is 19.9 Å². The van der Waals surface area contributed by atoms with E-state index in [0.717, 1.165) is 56.2 Å². The molecule has 4 nitrogen and oxygen atoms in total. The van der Waals surface area contributed by atoms with Crippen molar-refractivity contribution in [3.63, 3.8) is 0 Å². The molecule has 0 aliphatic heterocycles. The van der Waals surface area contributed by atoms with Crippen molar-refractivity contribution in [2.24, 2.45) is 0 Å². The van der Waals surface area contributed by atoms with E-state index in [-0.39, 0.29) is 0 Å². The molecule has 286 valence electrons. The van der Waals surface area contributed by atoms with Crippen LogP contribution in [-0.2, 0) is 0 Å². The van der Waals surface area contributed by atoms with Gasteiger partial charge < -0.3 is 0 Å². The zero-order valence-corrected chi connectivity index (χ0v) is 33.8. The molecular weight excluding hydrogens is 761 g/mol. The van der Waals surface area contributed by atoms with Crippen LogP contribution in [0.15, 0.2) is 218 Å². The van der Waals surface area contributed by atoms with E-state index in [4.69, 9.17) is 19.9 Å². The molecule has 0 bridgehead atoms. The Hall–Kier alpha value is -7.86. The Morgan fingerprint density at radius 2 is 0.541 bits per heavy atom. The number of hydrogen-bond donors (Lipinski definition) is 0. The van der Waals surface area contributed by atoms with Gasteiger partial charge in [0.25, 0.3) is 0 Å². The van der Waals surface area contributed by atoms with Crippen molar-refractivity contribution in [3.8, 4) is 90.1 Å². The molecule has 0 saturated carbocycles. The lowest BCUT2D eigenvalue weighted by atomic mass is 9.98. The zero-order valence-electron chi connectivity index (χ0n) is 33.0. The first-order valence-electron chi connectivity index (χ1n) is 20.4. The van der Waals surface area contributed by atoms with E-state index < -0.39 is 0 Å². The predicted octanol–water partition coefficient (Wildman–Crippen LogP) is 15.0. The van der Waals surface area contributed by atoms with Crippen LogP contribution in [0.3, 0.4) is 0 Å². The number of thiophene rings is 1. The van der Waals surface area contributed by atoms with E-state index in [1.807, 2.05) is 84.1 Å². The van der Waals surface area contributed by atoms with E-state index in [0.29, 0.717) is 11.6 Å². The van der Waals surface area contributed by atoms with Crippen LogP contribution in [0.4, 0.5) is 0 Å². The number of benzene rings is 8. The summed E-state index contributed by atoms with van der Waals surface area (Å²) in [7, 11) is 0. The van der Waals surface area contributed by atoms with Gasteiger partial charge in [0.05, 0.1) is 22.8 Å². The van der Waals surface area contributed by atoms with E-state index in [1.165, 1.54) is 42.4 Å². The van der Waals surface area contributed by atoms with E-state index >= 15 is 0 Å². The highest BCUT2D eigenvalue weighted by molar-refractivity contribution is 7.26. The number of nitrogens with zero attached hydrogens (tertiary/aromatic N) is 4. The van der Waals surface area contributed by atoms with Crippen LogP contribution in [0.25, 0.3) is 110 Å². The highest BCUT2D eigenvalue weighted by Crippen LogP contribution is 2.44. The van der Waals surface area contributed by atoms with Crippen LogP contribution < -0.4 is 0 Å². The Morgan fingerprint density at radius 3 is 0.885 bits per heavy atom. The molecule has 0 aliphatic carbocycles. The average Bonchev–Trinajstić information content (AvgIpc) is 3.74. The smallest absolute Gasteiger partial charge is 0.160 e. The predicted molar refractivity (Wildman–Crippen MR) is 254 cm³/mol. The lowest BCUT2D eigenvalue weighted by molar-refractivity contribution is 1.18. The maximum absolute atomic E-state index is 5.06. The lowest BCUT2D eigenvalue weighted by Crippen LogP contribution is -1.95. The second kappa shape index (κ2) is 15.7. The van der Waals surface area contributed by atoms with Gasteiger partial charge in [-0.15, -0.1) is 11.3 Å². The minimum Gasteiger partial charge on any atom is -0.228 e. The minimum atomic E-state index is 0.713. The maximum Gasteiger partial charge on any atom is 0.160 e. The molecule has 0 aliphatic rings. The zero-order chi connectivity index (χ0) is 40.5. The summed E-state index contributed by atoms with van der Waals surface area (Å²) in [5.74, 6) is 1.43. The van der Waals surface area contributed by atoms with Crippen LogP contribution in [0.5, 0.6) is 0 Å². The Bertz CT molecular complexity index is 2970. The standard InChI is InChI=1S/C56H36N4S/c1-5-15-39(16-6-1)49-35-51(59-55(57-49)43-19-9-3-10-20-43)41-31-27-37(28-32-41)45-23-13-25-47-48-26-14-24-46(54(48)61-53(45)47)38-29-33-42(34-30-38)52-36-50(40-17-7-2-8-18-40)58-56(60-52)44-21-11-4-12-22-44/h1-36H. The molecule has 0 unspecified atom stereocenters. The fourth-order valence-electron chi connectivity index (χ4n) is 8.05. The molecule has 3 aromatic heterocycles. The minimum absolute atomic E-state index is 0.713. The molecule has 0 saturated heterocycles. The van der Waals surface area contributed by atoms with Gasteiger partial charge in [-0.1, -0.05) is 206 Å². The van der Waals surface area contributed by atoms with Gasteiger partial charge >= 0.3 is 0 Å². The first-order valence-corrected chi connectivity index (χ1v) is 21.2. The van der Waals surface area contributed by atoms with Gasteiger partial charge in [0.2, 0.25) is 0 Å². The van der Waals surface area contributed by atoms with Crippen LogP contribution in [0.1, 0.15) is 0 Å². The molecular formula is C56H36N4S. The normalized spacial score (nSPS) is 11.3. The van der Waals surface area contributed by atoms with E-state index in [1.54, 1.807) is 0 Å². The summed E-state index contributed by atoms with van der Waals surface area (Å²) in [4.78, 5) is 20.1. The van der Waals surface area contributed by atoms with Crippen LogP contribution in [0.2, 0.25) is 0 Å². The fraction of sp³-hybridized carbons (Fsp3) is 0. The summed E-state index contributed by atoms with van der Waals surface area (Å²) in [6.07, 6.45) is 0. The quantitative estimate of drug-likeness (QED) is 0.154. The first-order chi connectivity index (χ1) is 30.2. The highest BCUT2D eigenvalue weighted by atomic mass is 32.1. The van der Waals surface area contributed by atoms with E-state index in [9.17, 15) is 0 Å². The monoisotopic (exact) mass is 796 g/mol. The lowest BCUT2D eigenvalue weighted by Gasteiger charge is -2.10. The molecule has 11 rings (SSSR count). The first kappa shape index (κ1) is 36.2. The van der Waals surface area contributed by atoms with Crippen molar-refractivity contribution < 1.29 is 0 Å². The summed E-state index contributed by atoms with van der Waals surface area (Å²) in [6.45, 7) is 0. The molecule has 0 amide bonds. The topological polar surface area (TPSA) is 51.6 Å². The van der Waals surface area contributed by atoms with Gasteiger partial charge in [0.15, 0.2) is 11.6 Å². The third-order valence-corrected chi connectivity index (χ3v) is 12.5. The fourth-order valence-corrected chi connectivity index (χ4v) is 9.42. The Labute approximate surface area is 358 Å². The summed E-state index contributed by atoms with van der Waals surface area (Å²) in [6, 6.07) is 76.2. The largest absolute Gasteiger partial charge is 0.228 e. The van der Waals surface area contributed by atoms with Crippen LogP contribution >= 0.6 is 11.3 Å². The SMILES string of the molecule is c1ccc(-c2cc(-c3ccc(-c4cccc5c4sc4c(-c6ccc(-c7cc(-c8ccccc8)nc(-c8ccccc8)n7)cc6)cccc45)cc3)nc(-c3ccccc3)n2)cc1. The second-order valence-electron chi connectivity index (χ2n) is 15.0. The van der Waals surface area contributed by atoms with Gasteiger partial charge in [0, 0.05) is 53.6 Å². The number of fused-ring (bicyclic) bond motifs is 3. The summed E-state index contributed by atoms with van der Waals surface area (Å²) >= 11 is 1.86. The van der Waals surface area contributed by atoms with Gasteiger partial charge in [-0.05, 0) is 34.4 Å². The number of aromatic nitrogens is 4. The highest BCUT2D eigenvalue weighted by Gasteiger charge is 2.16. The van der Waals surface area contributed by atoms with Crippen molar-refractivity contribution >= 4 is 31.5 Å². The molecule has 0 fully saturated rings. The van der Waals surface area contributed by atoms with Crippen molar-refractivity contribution in [3.05, 3.63) is 218 Å². The summed E-state index contributed by atoms with van der Waals surface area (Å²) < 4.78 is 2.55. The van der Waals surface area contributed by atoms with Crippen molar-refractivity contribution in [1.82, 2.24) is 19.9 Å². The van der Waals surface area contributed by atoms with Gasteiger partial charge in [0.1, 0.15) is 0 Å². The van der Waals surface area contributed by atoms with Gasteiger partial charge in [-0.3, -0.25) is 0 Å². The maximum atomic E-state index is 5.06. The number of rotatable bonds is 8. The molecule has 11 aromatic rings. The molecule has 3 heterocycles. The molecule has 61 heavy (non-hydrogen) atoms. The van der Waals surface area contributed by atoms with Crippen molar-refractivity contribution in [2.45, 2.75) is 0 Å². The Balaban J connectivity index is 0.941. The molecule has 0 N–H and O–H groups in total. The van der Waals surface area contributed by atoms with Gasteiger partial charge in [-0.2, -0.15) is 0 Å². The molecule has 0 spiro atoms. The van der Waals surface area contributed by atoms with Crippen molar-refractivity contribution in [2.75, 3.05) is 0 Å².